The highest BCUT2D eigenvalue weighted by atomic mass is 35.5. The molecule has 0 spiro atoms. The van der Waals surface area contributed by atoms with Crippen LogP contribution in [0.25, 0.3) is 0 Å². The monoisotopic (exact) mass is 296 g/mol. The average molecular weight is 297 g/mol. The van der Waals surface area contributed by atoms with Gasteiger partial charge in [0, 0.05) is 15.5 Å². The number of halogens is 2. The molecule has 2 bridgehead atoms. The van der Waals surface area contributed by atoms with E-state index in [2.05, 4.69) is 0 Å². The molecular weight excluding hydrogens is 279 g/mol. The van der Waals surface area contributed by atoms with Gasteiger partial charge in [-0.15, -0.1) is 0 Å². The number of hydrogen-bond donors (Lipinski definition) is 0. The molecule has 2 unspecified atom stereocenters. The van der Waals surface area contributed by atoms with Crippen LogP contribution >= 0.6 is 23.2 Å². The first-order valence-electron chi connectivity index (χ1n) is 7.29. The summed E-state index contributed by atoms with van der Waals surface area (Å²) in [6.07, 6.45) is 8.12. The Morgan fingerprint density at radius 1 is 0.947 bits per heavy atom. The molecule has 1 aliphatic carbocycles. The predicted octanol–water partition coefficient (Wildman–Crippen LogP) is 4.98. The maximum atomic E-state index is 6.51. The van der Waals surface area contributed by atoms with Crippen LogP contribution < -0.4 is 0 Å². The first kappa shape index (κ1) is 12.5. The first-order chi connectivity index (χ1) is 9.19. The van der Waals surface area contributed by atoms with Crippen LogP contribution in [0.15, 0.2) is 18.2 Å². The summed E-state index contributed by atoms with van der Waals surface area (Å²) in [5.74, 6) is 0.761. The minimum atomic E-state index is 0.180. The number of benzene rings is 1. The minimum absolute atomic E-state index is 0.180. The number of ether oxygens (including phenoxy) is 1. The third kappa shape index (κ3) is 1.93. The Morgan fingerprint density at radius 2 is 1.53 bits per heavy atom. The maximum absolute atomic E-state index is 6.51. The molecule has 0 amide bonds. The largest absolute Gasteiger partial charge is 0.375 e. The van der Waals surface area contributed by atoms with E-state index in [1.807, 2.05) is 18.2 Å². The molecule has 0 aromatic heterocycles. The van der Waals surface area contributed by atoms with Crippen molar-refractivity contribution in [3.63, 3.8) is 0 Å². The van der Waals surface area contributed by atoms with E-state index in [0.29, 0.717) is 12.2 Å². The second-order valence-corrected chi connectivity index (χ2v) is 7.21. The van der Waals surface area contributed by atoms with E-state index < -0.39 is 0 Å². The molecule has 2 saturated heterocycles. The molecule has 19 heavy (non-hydrogen) atoms. The fourth-order valence-corrected chi connectivity index (χ4v) is 5.10. The smallest absolute Gasteiger partial charge is 0.0588 e. The quantitative estimate of drug-likeness (QED) is 0.748. The molecular formula is C16H18Cl2O. The predicted molar refractivity (Wildman–Crippen MR) is 78.0 cm³/mol. The van der Waals surface area contributed by atoms with Crippen LogP contribution in [0.5, 0.6) is 0 Å². The molecule has 0 radical (unpaired) electrons. The van der Waals surface area contributed by atoms with Crippen LogP contribution in [0.3, 0.4) is 0 Å². The van der Waals surface area contributed by atoms with Gasteiger partial charge >= 0.3 is 0 Å². The van der Waals surface area contributed by atoms with Gasteiger partial charge in [-0.25, -0.2) is 0 Å². The van der Waals surface area contributed by atoms with Crippen molar-refractivity contribution in [3.8, 4) is 0 Å². The molecule has 3 heteroatoms. The van der Waals surface area contributed by atoms with Gasteiger partial charge in [0.2, 0.25) is 0 Å². The van der Waals surface area contributed by atoms with Gasteiger partial charge in [-0.05, 0) is 62.1 Å². The van der Waals surface area contributed by atoms with Crippen LogP contribution in [0.2, 0.25) is 10.0 Å². The molecule has 2 heterocycles. The first-order valence-corrected chi connectivity index (χ1v) is 8.04. The highest BCUT2D eigenvalue weighted by molar-refractivity contribution is 6.36. The fraction of sp³-hybridized carbons (Fsp3) is 0.625. The van der Waals surface area contributed by atoms with E-state index in [1.54, 1.807) is 0 Å². The molecule has 3 aliphatic rings. The fourth-order valence-electron chi connectivity index (χ4n) is 4.33. The standard InChI is InChI=1S/C16H18Cl2O/c17-13-2-1-3-14(18)15(13)16(10-4-5-10)8-11-6-7-12(9-16)19-11/h1-3,10-12H,4-9H2. The minimum Gasteiger partial charge on any atom is -0.375 e. The van der Waals surface area contributed by atoms with E-state index in [-0.39, 0.29) is 5.41 Å². The molecule has 2 aliphatic heterocycles. The Hall–Kier alpha value is -0.240. The van der Waals surface area contributed by atoms with Crippen molar-refractivity contribution in [2.24, 2.45) is 5.92 Å². The normalized spacial score (nSPS) is 37.6. The molecule has 102 valence electrons. The highest BCUT2D eigenvalue weighted by Gasteiger charge is 2.54. The van der Waals surface area contributed by atoms with Gasteiger partial charge in [-0.3, -0.25) is 0 Å². The highest BCUT2D eigenvalue weighted by Crippen LogP contribution is 2.59. The van der Waals surface area contributed by atoms with Crippen LogP contribution in [-0.4, -0.2) is 12.2 Å². The Morgan fingerprint density at radius 3 is 2.05 bits per heavy atom. The van der Waals surface area contributed by atoms with E-state index >= 15 is 0 Å². The SMILES string of the molecule is Clc1cccc(Cl)c1C1(C2CC2)CC2CCC(C1)O2. The molecule has 1 saturated carbocycles. The van der Waals surface area contributed by atoms with Crippen molar-refractivity contribution >= 4 is 23.2 Å². The summed E-state index contributed by atoms with van der Waals surface area (Å²) in [5.41, 5.74) is 1.39. The Balaban J connectivity index is 1.84. The third-order valence-electron chi connectivity index (χ3n) is 5.20. The van der Waals surface area contributed by atoms with Crippen LogP contribution in [0.1, 0.15) is 44.1 Å². The van der Waals surface area contributed by atoms with Gasteiger partial charge in [-0.2, -0.15) is 0 Å². The van der Waals surface area contributed by atoms with Gasteiger partial charge in [0.15, 0.2) is 0 Å². The lowest BCUT2D eigenvalue weighted by Gasteiger charge is -2.42. The zero-order valence-corrected chi connectivity index (χ0v) is 12.4. The van der Waals surface area contributed by atoms with Crippen LogP contribution in [0, 0.1) is 5.92 Å². The molecule has 1 nitrogen and oxygen atoms in total. The molecule has 2 atom stereocenters. The summed E-state index contributed by atoms with van der Waals surface area (Å²) in [6, 6.07) is 5.93. The summed E-state index contributed by atoms with van der Waals surface area (Å²) in [7, 11) is 0. The van der Waals surface area contributed by atoms with Crippen molar-refractivity contribution in [1.29, 1.82) is 0 Å². The number of rotatable bonds is 2. The molecule has 4 rings (SSSR count). The van der Waals surface area contributed by atoms with Crippen LogP contribution in [-0.2, 0) is 10.2 Å². The molecule has 3 fully saturated rings. The summed E-state index contributed by atoms with van der Waals surface area (Å²) in [4.78, 5) is 0. The van der Waals surface area contributed by atoms with Gasteiger partial charge in [0.25, 0.3) is 0 Å². The Kier molecular flexibility index (Phi) is 2.88. The van der Waals surface area contributed by atoms with E-state index in [0.717, 1.165) is 28.8 Å². The van der Waals surface area contributed by atoms with Crippen molar-refractivity contribution in [2.75, 3.05) is 0 Å². The molecule has 1 aromatic carbocycles. The van der Waals surface area contributed by atoms with Crippen molar-refractivity contribution in [1.82, 2.24) is 0 Å². The lowest BCUT2D eigenvalue weighted by atomic mass is 9.68. The van der Waals surface area contributed by atoms with Crippen molar-refractivity contribution < 1.29 is 4.74 Å². The van der Waals surface area contributed by atoms with Gasteiger partial charge in [0.1, 0.15) is 0 Å². The zero-order valence-electron chi connectivity index (χ0n) is 10.9. The van der Waals surface area contributed by atoms with Gasteiger partial charge in [-0.1, -0.05) is 29.3 Å². The second kappa shape index (κ2) is 4.38. The summed E-state index contributed by atoms with van der Waals surface area (Å²) in [6.45, 7) is 0. The summed E-state index contributed by atoms with van der Waals surface area (Å²) < 4.78 is 6.05. The third-order valence-corrected chi connectivity index (χ3v) is 5.83. The number of hydrogen-bond acceptors (Lipinski definition) is 1. The lowest BCUT2D eigenvalue weighted by molar-refractivity contribution is -0.0376. The van der Waals surface area contributed by atoms with Gasteiger partial charge < -0.3 is 4.74 Å². The maximum Gasteiger partial charge on any atom is 0.0588 e. The molecule has 0 N–H and O–H groups in total. The Bertz CT molecular complexity index is 477. The van der Waals surface area contributed by atoms with E-state index in [4.69, 9.17) is 27.9 Å². The van der Waals surface area contributed by atoms with Gasteiger partial charge in [0.05, 0.1) is 12.2 Å². The zero-order chi connectivity index (χ0) is 13.0. The second-order valence-electron chi connectivity index (χ2n) is 6.39. The number of fused-ring (bicyclic) bond motifs is 2. The lowest BCUT2D eigenvalue weighted by Crippen LogP contribution is -2.41. The topological polar surface area (TPSA) is 9.23 Å². The van der Waals surface area contributed by atoms with Crippen molar-refractivity contribution in [2.45, 2.75) is 56.1 Å². The Labute approximate surface area is 124 Å². The molecule has 1 aromatic rings. The van der Waals surface area contributed by atoms with Crippen molar-refractivity contribution in [3.05, 3.63) is 33.8 Å². The summed E-state index contributed by atoms with van der Waals surface area (Å²) >= 11 is 13.0. The summed E-state index contributed by atoms with van der Waals surface area (Å²) in [5, 5.41) is 1.70. The van der Waals surface area contributed by atoms with E-state index in [9.17, 15) is 0 Å². The average Bonchev–Trinajstić information content (AvgIpc) is 3.16. The van der Waals surface area contributed by atoms with E-state index in [1.165, 1.54) is 31.2 Å². The van der Waals surface area contributed by atoms with Crippen LogP contribution in [0.4, 0.5) is 0 Å².